The largest absolute Gasteiger partial charge is 0.309 e. The van der Waals surface area contributed by atoms with E-state index in [0.717, 1.165) is 78.2 Å². The van der Waals surface area contributed by atoms with E-state index in [4.69, 9.17) is 9.97 Å². The van der Waals surface area contributed by atoms with E-state index in [9.17, 15) is 0 Å². The molecule has 0 radical (unpaired) electrons. The summed E-state index contributed by atoms with van der Waals surface area (Å²) in [6.45, 7) is 0. The number of nitrogens with zero attached hydrogens (tertiary/aromatic N) is 4. The zero-order valence-electron chi connectivity index (χ0n) is 37.0. The maximum Gasteiger partial charge on any atom is 0.0708 e. The average molecular weight is 867 g/mol. The third-order valence-corrected chi connectivity index (χ3v) is 13.4. The summed E-state index contributed by atoms with van der Waals surface area (Å²) in [7, 11) is 0. The number of fused-ring (bicyclic) bond motifs is 6. The lowest BCUT2D eigenvalue weighted by Crippen LogP contribution is -1.95. The first-order valence-electron chi connectivity index (χ1n) is 23.1. The molecule has 4 heteroatoms. The smallest absolute Gasteiger partial charge is 0.0708 e. The van der Waals surface area contributed by atoms with Gasteiger partial charge in [0.2, 0.25) is 0 Å². The van der Waals surface area contributed by atoms with Crippen LogP contribution in [0.2, 0.25) is 0 Å². The summed E-state index contributed by atoms with van der Waals surface area (Å²) in [5.41, 5.74) is 20.2. The summed E-state index contributed by atoms with van der Waals surface area (Å²) < 4.78 is 4.84. The minimum Gasteiger partial charge on any atom is -0.309 e. The number of para-hydroxylation sites is 2. The SMILES string of the molecule is c1ccc(-c2ccc(-c3ccnc(-c4ccc5c6cc7c(cc6n(-c6ccccc6)c5c4)c4ccc(-c5cc(-c6ccc(-c8ccccc8)cc6)ccn5)cc4n7-c4ccccc4)c3)cc2)cc1. The van der Waals surface area contributed by atoms with E-state index in [1.807, 2.05) is 12.4 Å². The van der Waals surface area contributed by atoms with Crippen LogP contribution in [0, 0.1) is 0 Å². The summed E-state index contributed by atoms with van der Waals surface area (Å²) in [6, 6.07) is 87.2. The lowest BCUT2D eigenvalue weighted by molar-refractivity contribution is 1.17. The van der Waals surface area contributed by atoms with Crippen LogP contribution >= 0.6 is 0 Å². The summed E-state index contributed by atoms with van der Waals surface area (Å²) in [5, 5.41) is 4.75. The zero-order valence-corrected chi connectivity index (χ0v) is 37.0. The Hall–Kier alpha value is -9.12. The second-order valence-corrected chi connectivity index (χ2v) is 17.4. The maximum atomic E-state index is 4.92. The van der Waals surface area contributed by atoms with Crippen LogP contribution < -0.4 is 0 Å². The van der Waals surface area contributed by atoms with E-state index >= 15 is 0 Å². The number of benzene rings is 9. The molecule has 0 saturated heterocycles. The monoisotopic (exact) mass is 866 g/mol. The van der Waals surface area contributed by atoms with Crippen LogP contribution in [-0.2, 0) is 0 Å². The number of rotatable bonds is 8. The second-order valence-electron chi connectivity index (χ2n) is 17.4. The van der Waals surface area contributed by atoms with Crippen molar-refractivity contribution >= 4 is 43.6 Å². The Bertz CT molecular complexity index is 3700. The first-order chi connectivity index (χ1) is 33.7. The van der Waals surface area contributed by atoms with Crippen LogP contribution in [0.25, 0.3) is 122 Å². The molecular formula is C64H42N4. The van der Waals surface area contributed by atoms with Crippen molar-refractivity contribution in [1.29, 1.82) is 0 Å². The maximum absolute atomic E-state index is 4.92. The zero-order chi connectivity index (χ0) is 45.0. The van der Waals surface area contributed by atoms with Gasteiger partial charge in [-0.2, -0.15) is 0 Å². The predicted octanol–water partition coefficient (Wildman–Crippen LogP) is 16.7. The number of pyridine rings is 2. The molecule has 0 amide bonds. The highest BCUT2D eigenvalue weighted by atomic mass is 15.0. The lowest BCUT2D eigenvalue weighted by Gasteiger charge is -2.10. The van der Waals surface area contributed by atoms with Gasteiger partial charge in [0.25, 0.3) is 0 Å². The Morgan fingerprint density at radius 1 is 0.221 bits per heavy atom. The molecule has 9 aromatic carbocycles. The predicted molar refractivity (Wildman–Crippen MR) is 283 cm³/mol. The van der Waals surface area contributed by atoms with Crippen molar-refractivity contribution in [3.8, 4) is 78.4 Å². The molecule has 0 fully saturated rings. The van der Waals surface area contributed by atoms with Crippen molar-refractivity contribution in [2.24, 2.45) is 0 Å². The molecule has 4 heterocycles. The van der Waals surface area contributed by atoms with Crippen molar-refractivity contribution in [3.05, 3.63) is 255 Å². The molecule has 13 aromatic rings. The highest BCUT2D eigenvalue weighted by molar-refractivity contribution is 6.19. The Kier molecular flexibility index (Phi) is 9.47. The molecule has 68 heavy (non-hydrogen) atoms. The van der Waals surface area contributed by atoms with Gasteiger partial charge >= 0.3 is 0 Å². The quantitative estimate of drug-likeness (QED) is 0.153. The molecule has 0 bridgehead atoms. The molecule has 0 aliphatic heterocycles. The van der Waals surface area contributed by atoms with E-state index in [1.54, 1.807) is 0 Å². The first kappa shape index (κ1) is 39.3. The summed E-state index contributed by atoms with van der Waals surface area (Å²) in [4.78, 5) is 9.85. The molecular weight excluding hydrogens is 825 g/mol. The van der Waals surface area contributed by atoms with Crippen molar-refractivity contribution in [1.82, 2.24) is 19.1 Å². The van der Waals surface area contributed by atoms with Crippen molar-refractivity contribution < 1.29 is 0 Å². The minimum atomic E-state index is 0.935. The molecule has 0 aliphatic rings. The standard InChI is InChI=1S/C64H42N4/c1-5-13-43(14-6-1)45-21-25-47(26-22-45)49-33-35-65-59(37-49)51-29-31-55-57-41-64-58(42-63(57)67(61(55)39-51)53-17-9-3-10-18-53)56-32-30-52(40-62(56)68(64)54-19-11-4-12-20-54)60-38-50(34-36-66-60)48-27-23-46(24-28-48)44-15-7-2-8-16-44/h1-42H. The fraction of sp³-hybridized carbons (Fsp3) is 0. The van der Waals surface area contributed by atoms with Crippen LogP contribution in [0.3, 0.4) is 0 Å². The van der Waals surface area contributed by atoms with Crippen LogP contribution in [0.4, 0.5) is 0 Å². The highest BCUT2D eigenvalue weighted by Gasteiger charge is 2.20. The van der Waals surface area contributed by atoms with E-state index < -0.39 is 0 Å². The van der Waals surface area contributed by atoms with Gasteiger partial charge in [-0.1, -0.05) is 170 Å². The van der Waals surface area contributed by atoms with Gasteiger partial charge in [0, 0.05) is 56.4 Å². The van der Waals surface area contributed by atoms with E-state index in [0.29, 0.717) is 0 Å². The summed E-state index contributed by atoms with van der Waals surface area (Å²) in [5.74, 6) is 0. The Labute approximate surface area is 394 Å². The summed E-state index contributed by atoms with van der Waals surface area (Å²) >= 11 is 0. The molecule has 0 saturated carbocycles. The molecule has 0 aliphatic carbocycles. The lowest BCUT2D eigenvalue weighted by atomic mass is 9.99. The highest BCUT2D eigenvalue weighted by Crippen LogP contribution is 2.42. The van der Waals surface area contributed by atoms with E-state index in [2.05, 4.69) is 252 Å². The fourth-order valence-electron chi connectivity index (χ4n) is 10.1. The van der Waals surface area contributed by atoms with Crippen molar-refractivity contribution in [3.63, 3.8) is 0 Å². The van der Waals surface area contributed by atoms with Gasteiger partial charge in [-0.15, -0.1) is 0 Å². The number of aromatic nitrogens is 4. The third-order valence-electron chi connectivity index (χ3n) is 13.4. The second kappa shape index (κ2) is 16.4. The summed E-state index contributed by atoms with van der Waals surface area (Å²) in [6.07, 6.45) is 3.85. The van der Waals surface area contributed by atoms with Gasteiger partial charge < -0.3 is 9.13 Å². The van der Waals surface area contributed by atoms with Gasteiger partial charge in [0.05, 0.1) is 33.5 Å². The Balaban J connectivity index is 0.940. The molecule has 0 unspecified atom stereocenters. The van der Waals surface area contributed by atoms with Gasteiger partial charge in [0.1, 0.15) is 0 Å². The molecule has 0 N–H and O–H groups in total. The first-order valence-corrected chi connectivity index (χ1v) is 23.1. The van der Waals surface area contributed by atoms with Gasteiger partial charge in [-0.25, -0.2) is 0 Å². The molecule has 4 aromatic heterocycles. The average Bonchev–Trinajstić information content (AvgIpc) is 3.92. The number of hydrogen-bond acceptors (Lipinski definition) is 2. The van der Waals surface area contributed by atoms with Crippen molar-refractivity contribution in [2.45, 2.75) is 0 Å². The topological polar surface area (TPSA) is 35.6 Å². The fourth-order valence-corrected chi connectivity index (χ4v) is 10.1. The van der Waals surface area contributed by atoms with Crippen molar-refractivity contribution in [2.75, 3.05) is 0 Å². The molecule has 4 nitrogen and oxygen atoms in total. The molecule has 13 rings (SSSR count). The van der Waals surface area contributed by atoms with Gasteiger partial charge in [-0.3, -0.25) is 9.97 Å². The number of hydrogen-bond donors (Lipinski definition) is 0. The third kappa shape index (κ3) is 6.86. The van der Waals surface area contributed by atoms with Crippen LogP contribution in [0.1, 0.15) is 0 Å². The normalized spacial score (nSPS) is 11.5. The molecule has 318 valence electrons. The van der Waals surface area contributed by atoms with Gasteiger partial charge in [-0.05, 0) is 117 Å². The van der Waals surface area contributed by atoms with Crippen LogP contribution in [0.15, 0.2) is 255 Å². The molecule has 0 atom stereocenters. The van der Waals surface area contributed by atoms with E-state index in [-0.39, 0.29) is 0 Å². The Morgan fingerprint density at radius 3 is 0.912 bits per heavy atom. The van der Waals surface area contributed by atoms with Crippen LogP contribution in [0.5, 0.6) is 0 Å². The van der Waals surface area contributed by atoms with E-state index in [1.165, 1.54) is 43.8 Å². The minimum absolute atomic E-state index is 0.935. The Morgan fingerprint density at radius 2 is 0.529 bits per heavy atom. The van der Waals surface area contributed by atoms with Gasteiger partial charge in [0.15, 0.2) is 0 Å². The van der Waals surface area contributed by atoms with Crippen LogP contribution in [-0.4, -0.2) is 19.1 Å². The molecule has 0 spiro atoms.